The molecule has 1 aliphatic rings. The van der Waals surface area contributed by atoms with Crippen molar-refractivity contribution < 1.29 is 19.4 Å². The van der Waals surface area contributed by atoms with Crippen molar-refractivity contribution in [2.75, 3.05) is 19.7 Å². The fourth-order valence-electron chi connectivity index (χ4n) is 1.96. The Morgan fingerprint density at radius 3 is 2.95 bits per heavy atom. The smallest absolute Gasteiger partial charge is 0.407 e. The lowest BCUT2D eigenvalue weighted by atomic mass is 10.0. The van der Waals surface area contributed by atoms with E-state index in [-0.39, 0.29) is 30.6 Å². The molecular formula is C12H13ClN2O4. The van der Waals surface area contributed by atoms with Crippen LogP contribution in [0.15, 0.2) is 12.3 Å². The molecule has 1 aromatic rings. The lowest BCUT2D eigenvalue weighted by Gasteiger charge is -2.30. The first-order valence-corrected chi connectivity index (χ1v) is 6.13. The number of hydrogen-bond acceptors (Lipinski definition) is 4. The van der Waals surface area contributed by atoms with E-state index in [1.165, 1.54) is 6.20 Å². The maximum atomic E-state index is 12.3. The second-order valence-corrected chi connectivity index (χ2v) is 4.60. The SMILES string of the molecule is Cc1ccnc(Cl)c1C(=O)[C@@H]1CN(C(=O)O)CCO1. The summed E-state index contributed by atoms with van der Waals surface area (Å²) < 4.78 is 5.34. The zero-order valence-electron chi connectivity index (χ0n) is 10.3. The fourth-order valence-corrected chi connectivity index (χ4v) is 2.26. The lowest BCUT2D eigenvalue weighted by molar-refractivity contribution is -0.0111. The van der Waals surface area contributed by atoms with Gasteiger partial charge in [0.15, 0.2) is 5.78 Å². The Hall–Kier alpha value is -1.66. The molecule has 1 aromatic heterocycles. The first-order valence-electron chi connectivity index (χ1n) is 5.75. The minimum Gasteiger partial charge on any atom is -0.465 e. The molecule has 6 nitrogen and oxygen atoms in total. The summed E-state index contributed by atoms with van der Waals surface area (Å²) in [6.45, 7) is 2.22. The standard InChI is InChI=1S/C12H13ClN2O4/c1-7-2-3-14-11(13)9(7)10(16)8-6-15(12(17)18)4-5-19-8/h2-3,8H,4-6H2,1H3,(H,17,18)/t8-/m0/s1. The monoisotopic (exact) mass is 284 g/mol. The largest absolute Gasteiger partial charge is 0.465 e. The van der Waals surface area contributed by atoms with Crippen LogP contribution in [0.25, 0.3) is 0 Å². The summed E-state index contributed by atoms with van der Waals surface area (Å²) in [5.41, 5.74) is 0.988. The third-order valence-electron chi connectivity index (χ3n) is 2.99. The van der Waals surface area contributed by atoms with Crippen LogP contribution in [0.3, 0.4) is 0 Å². The van der Waals surface area contributed by atoms with E-state index in [0.29, 0.717) is 11.1 Å². The number of carbonyl (C=O) groups is 2. The van der Waals surface area contributed by atoms with Crippen molar-refractivity contribution in [3.63, 3.8) is 0 Å². The predicted octanol–water partition coefficient (Wildman–Crippen LogP) is 1.60. The maximum absolute atomic E-state index is 12.3. The number of carbonyl (C=O) groups excluding carboxylic acids is 1. The molecule has 1 atom stereocenters. The molecule has 2 heterocycles. The van der Waals surface area contributed by atoms with E-state index in [9.17, 15) is 9.59 Å². The van der Waals surface area contributed by atoms with Crippen LogP contribution in [0.5, 0.6) is 0 Å². The molecular weight excluding hydrogens is 272 g/mol. The van der Waals surface area contributed by atoms with Crippen LogP contribution in [0, 0.1) is 6.92 Å². The Balaban J connectivity index is 2.22. The Kier molecular flexibility index (Phi) is 4.01. The topological polar surface area (TPSA) is 79.7 Å². The van der Waals surface area contributed by atoms with E-state index in [2.05, 4.69) is 4.98 Å². The Bertz CT molecular complexity index is 500. The molecule has 7 heteroatoms. The van der Waals surface area contributed by atoms with Crippen LogP contribution >= 0.6 is 11.6 Å². The van der Waals surface area contributed by atoms with Crippen molar-refractivity contribution in [2.24, 2.45) is 0 Å². The van der Waals surface area contributed by atoms with Crippen LogP contribution in [-0.2, 0) is 4.74 Å². The van der Waals surface area contributed by atoms with Gasteiger partial charge in [0.2, 0.25) is 0 Å². The molecule has 102 valence electrons. The molecule has 0 aliphatic carbocycles. The summed E-state index contributed by atoms with van der Waals surface area (Å²) in [6, 6.07) is 1.68. The van der Waals surface area contributed by atoms with Gasteiger partial charge in [-0.25, -0.2) is 9.78 Å². The number of aromatic nitrogens is 1. The first-order chi connectivity index (χ1) is 9.00. The number of aryl methyl sites for hydroxylation is 1. The fraction of sp³-hybridized carbons (Fsp3) is 0.417. The predicted molar refractivity (Wildman–Crippen MR) is 67.7 cm³/mol. The minimum absolute atomic E-state index is 0.0127. The number of halogens is 1. The van der Waals surface area contributed by atoms with Crippen LogP contribution in [0.1, 0.15) is 15.9 Å². The van der Waals surface area contributed by atoms with Gasteiger partial charge in [0, 0.05) is 12.7 Å². The summed E-state index contributed by atoms with van der Waals surface area (Å²) in [7, 11) is 0. The van der Waals surface area contributed by atoms with Gasteiger partial charge in [-0.1, -0.05) is 11.6 Å². The summed E-state index contributed by atoms with van der Waals surface area (Å²) in [6.07, 6.45) is -0.375. The molecule has 0 saturated carbocycles. The summed E-state index contributed by atoms with van der Waals surface area (Å²) in [4.78, 5) is 28.3. The van der Waals surface area contributed by atoms with Gasteiger partial charge in [-0.05, 0) is 18.6 Å². The van der Waals surface area contributed by atoms with Gasteiger partial charge in [-0.2, -0.15) is 0 Å². The number of Topliss-reactive ketones (excluding diaryl/α,β-unsaturated/α-hetero) is 1. The third-order valence-corrected chi connectivity index (χ3v) is 3.28. The molecule has 2 rings (SSSR count). The van der Waals surface area contributed by atoms with Crippen LogP contribution in [-0.4, -0.2) is 52.7 Å². The zero-order valence-corrected chi connectivity index (χ0v) is 11.1. The molecule has 0 radical (unpaired) electrons. The number of amides is 1. The molecule has 19 heavy (non-hydrogen) atoms. The summed E-state index contributed by atoms with van der Waals surface area (Å²) in [5, 5.41) is 9.05. The van der Waals surface area contributed by atoms with E-state index in [0.717, 1.165) is 4.90 Å². The summed E-state index contributed by atoms with van der Waals surface area (Å²) in [5.74, 6) is -0.332. The van der Waals surface area contributed by atoms with E-state index >= 15 is 0 Å². The van der Waals surface area contributed by atoms with E-state index in [1.54, 1.807) is 13.0 Å². The van der Waals surface area contributed by atoms with E-state index < -0.39 is 12.2 Å². The number of rotatable bonds is 2. The highest BCUT2D eigenvalue weighted by Gasteiger charge is 2.31. The number of carboxylic acid groups (broad SMARTS) is 1. The van der Waals surface area contributed by atoms with Crippen LogP contribution in [0.2, 0.25) is 5.15 Å². The van der Waals surface area contributed by atoms with E-state index in [4.69, 9.17) is 21.4 Å². The second kappa shape index (κ2) is 5.54. The highest BCUT2D eigenvalue weighted by atomic mass is 35.5. The van der Waals surface area contributed by atoms with Gasteiger partial charge in [0.1, 0.15) is 11.3 Å². The quantitative estimate of drug-likeness (QED) is 0.659. The first kappa shape index (κ1) is 13.8. The normalized spacial score (nSPS) is 19.3. The third kappa shape index (κ3) is 2.85. The molecule has 1 saturated heterocycles. The minimum atomic E-state index is -1.06. The molecule has 0 spiro atoms. The molecule has 0 bridgehead atoms. The molecule has 0 unspecified atom stereocenters. The second-order valence-electron chi connectivity index (χ2n) is 4.25. The van der Waals surface area contributed by atoms with Gasteiger partial charge in [0.05, 0.1) is 18.7 Å². The Morgan fingerprint density at radius 1 is 1.58 bits per heavy atom. The number of pyridine rings is 1. The van der Waals surface area contributed by atoms with Crippen molar-refractivity contribution in [1.82, 2.24) is 9.88 Å². The number of ketones is 1. The Labute approximate surface area is 114 Å². The summed E-state index contributed by atoms with van der Waals surface area (Å²) >= 11 is 5.93. The van der Waals surface area contributed by atoms with Gasteiger partial charge in [0.25, 0.3) is 0 Å². The molecule has 0 aromatic carbocycles. The number of ether oxygens (including phenoxy) is 1. The average molecular weight is 285 g/mol. The maximum Gasteiger partial charge on any atom is 0.407 e. The van der Waals surface area contributed by atoms with Gasteiger partial charge < -0.3 is 14.7 Å². The van der Waals surface area contributed by atoms with Gasteiger partial charge in [-0.3, -0.25) is 4.79 Å². The van der Waals surface area contributed by atoms with Crippen molar-refractivity contribution >= 4 is 23.5 Å². The highest BCUT2D eigenvalue weighted by Crippen LogP contribution is 2.21. The van der Waals surface area contributed by atoms with Crippen molar-refractivity contribution in [3.05, 3.63) is 28.5 Å². The van der Waals surface area contributed by atoms with E-state index in [1.807, 2.05) is 0 Å². The van der Waals surface area contributed by atoms with Crippen LogP contribution < -0.4 is 0 Å². The van der Waals surface area contributed by atoms with Crippen molar-refractivity contribution in [2.45, 2.75) is 13.0 Å². The number of nitrogens with zero attached hydrogens (tertiary/aromatic N) is 2. The Morgan fingerprint density at radius 2 is 2.32 bits per heavy atom. The van der Waals surface area contributed by atoms with Crippen molar-refractivity contribution in [1.29, 1.82) is 0 Å². The molecule has 1 amide bonds. The van der Waals surface area contributed by atoms with Crippen LogP contribution in [0.4, 0.5) is 4.79 Å². The zero-order chi connectivity index (χ0) is 14.0. The molecule has 1 fully saturated rings. The van der Waals surface area contributed by atoms with Gasteiger partial charge in [-0.15, -0.1) is 0 Å². The number of hydrogen-bond donors (Lipinski definition) is 1. The average Bonchev–Trinajstić information content (AvgIpc) is 2.38. The van der Waals surface area contributed by atoms with Gasteiger partial charge >= 0.3 is 6.09 Å². The molecule has 1 aliphatic heterocycles. The molecule has 1 N–H and O–H groups in total. The highest BCUT2D eigenvalue weighted by molar-refractivity contribution is 6.33. The lowest BCUT2D eigenvalue weighted by Crippen LogP contribution is -2.48. The number of morpholine rings is 1. The van der Waals surface area contributed by atoms with Crippen molar-refractivity contribution in [3.8, 4) is 0 Å².